The van der Waals surface area contributed by atoms with Gasteiger partial charge in [-0.2, -0.15) is 13.9 Å². The Labute approximate surface area is 84.5 Å². The molecule has 0 saturated heterocycles. The van der Waals surface area contributed by atoms with E-state index in [0.717, 1.165) is 30.0 Å². The molecule has 0 atom stereocenters. The zero-order valence-electron chi connectivity index (χ0n) is 7.86. The number of aliphatic carboxylic acids is 1. The predicted octanol–water partition coefficient (Wildman–Crippen LogP) is 1.78. The van der Waals surface area contributed by atoms with Gasteiger partial charge >= 0.3 is 11.9 Å². The van der Waals surface area contributed by atoms with Crippen LogP contribution in [0.2, 0.25) is 0 Å². The first-order chi connectivity index (χ1) is 7.03. The normalized spacial score (nSPS) is 17.5. The highest BCUT2D eigenvalue weighted by Gasteiger charge is 2.45. The van der Waals surface area contributed by atoms with Gasteiger partial charge in [0, 0.05) is 6.20 Å². The quantitative estimate of drug-likeness (QED) is 0.837. The third kappa shape index (κ3) is 1.49. The molecule has 0 amide bonds. The first-order valence-corrected chi connectivity index (χ1v) is 4.68. The summed E-state index contributed by atoms with van der Waals surface area (Å²) in [5.74, 6) is -5.99. The molecule has 0 spiro atoms. The number of carboxylic acids is 1. The summed E-state index contributed by atoms with van der Waals surface area (Å²) in [6.45, 7) is 0. The highest BCUT2D eigenvalue weighted by Crippen LogP contribution is 2.36. The minimum atomic E-state index is -3.86. The molecule has 1 saturated carbocycles. The molecule has 1 aliphatic carbocycles. The van der Waals surface area contributed by atoms with Crippen molar-refractivity contribution in [1.82, 2.24) is 9.78 Å². The first kappa shape index (κ1) is 10.1. The summed E-state index contributed by atoms with van der Waals surface area (Å²) in [4.78, 5) is 10.4. The van der Waals surface area contributed by atoms with Crippen LogP contribution in [0.1, 0.15) is 31.0 Å². The molecule has 0 bridgehead atoms. The maximum atomic E-state index is 13.2. The molecule has 1 aromatic heterocycles. The van der Waals surface area contributed by atoms with Crippen molar-refractivity contribution >= 4 is 5.97 Å². The van der Waals surface area contributed by atoms with E-state index in [9.17, 15) is 13.6 Å². The second-order valence-corrected chi connectivity index (χ2v) is 3.63. The summed E-state index contributed by atoms with van der Waals surface area (Å²) in [7, 11) is 0. The van der Waals surface area contributed by atoms with Crippen LogP contribution >= 0.6 is 0 Å². The maximum Gasteiger partial charge on any atom is 0.383 e. The van der Waals surface area contributed by atoms with Crippen molar-refractivity contribution in [2.45, 2.75) is 31.2 Å². The molecule has 4 nitrogen and oxygen atoms in total. The molecule has 6 heteroatoms. The smallest absolute Gasteiger partial charge is 0.383 e. The van der Waals surface area contributed by atoms with Gasteiger partial charge in [-0.1, -0.05) is 0 Å². The standard InChI is InChI=1S/C9H10F2N2O2/c10-9(11,8(14)15)7-4-5-12-13(7)6-2-1-3-6/h4-6H,1-3H2,(H,14,15). The van der Waals surface area contributed by atoms with Crippen LogP contribution < -0.4 is 0 Å². The van der Waals surface area contributed by atoms with Crippen LogP contribution in [-0.4, -0.2) is 20.9 Å². The molecule has 0 radical (unpaired) electrons. The number of alkyl halides is 2. The van der Waals surface area contributed by atoms with E-state index in [2.05, 4.69) is 5.10 Å². The van der Waals surface area contributed by atoms with Gasteiger partial charge in [-0.3, -0.25) is 4.68 Å². The zero-order chi connectivity index (χ0) is 11.1. The first-order valence-electron chi connectivity index (χ1n) is 4.68. The molecule has 1 aromatic rings. The summed E-state index contributed by atoms with van der Waals surface area (Å²) in [5, 5.41) is 12.2. The highest BCUT2D eigenvalue weighted by atomic mass is 19.3. The van der Waals surface area contributed by atoms with Gasteiger partial charge in [0.2, 0.25) is 0 Å². The van der Waals surface area contributed by atoms with Crippen molar-refractivity contribution in [2.24, 2.45) is 0 Å². The average molecular weight is 216 g/mol. The summed E-state index contributed by atoms with van der Waals surface area (Å²) >= 11 is 0. The van der Waals surface area contributed by atoms with Crippen molar-refractivity contribution < 1.29 is 18.7 Å². The van der Waals surface area contributed by atoms with Crippen LogP contribution in [0.25, 0.3) is 0 Å². The lowest BCUT2D eigenvalue weighted by molar-refractivity contribution is -0.167. The molecule has 1 aliphatic rings. The van der Waals surface area contributed by atoms with Gasteiger partial charge in [-0.25, -0.2) is 4.79 Å². The Bertz CT molecular complexity index is 385. The number of halogens is 2. The lowest BCUT2D eigenvalue weighted by atomic mass is 9.93. The van der Waals surface area contributed by atoms with Gasteiger partial charge in [0.25, 0.3) is 0 Å². The molecule has 1 N–H and O–H groups in total. The number of rotatable bonds is 3. The monoisotopic (exact) mass is 216 g/mol. The maximum absolute atomic E-state index is 13.2. The third-order valence-electron chi connectivity index (χ3n) is 2.68. The lowest BCUT2D eigenvalue weighted by Crippen LogP contribution is -2.31. The zero-order valence-corrected chi connectivity index (χ0v) is 7.86. The van der Waals surface area contributed by atoms with Crippen molar-refractivity contribution in [1.29, 1.82) is 0 Å². The second-order valence-electron chi connectivity index (χ2n) is 3.63. The number of hydrogen-bond acceptors (Lipinski definition) is 2. The van der Waals surface area contributed by atoms with Gasteiger partial charge < -0.3 is 5.11 Å². The van der Waals surface area contributed by atoms with Gasteiger partial charge in [0.05, 0.1) is 6.04 Å². The minimum Gasteiger partial charge on any atom is -0.476 e. The highest BCUT2D eigenvalue weighted by molar-refractivity contribution is 5.76. The third-order valence-corrected chi connectivity index (χ3v) is 2.68. The number of carbonyl (C=O) groups is 1. The van der Waals surface area contributed by atoms with E-state index in [4.69, 9.17) is 5.11 Å². The molecule has 0 unspecified atom stereocenters. The van der Waals surface area contributed by atoms with Gasteiger partial charge in [0.1, 0.15) is 5.69 Å². The molecule has 1 fully saturated rings. The molecule has 0 aromatic carbocycles. The summed E-state index contributed by atoms with van der Waals surface area (Å²) in [6.07, 6.45) is 3.75. The molecular formula is C9H10F2N2O2. The fourth-order valence-electron chi connectivity index (χ4n) is 1.59. The van der Waals surface area contributed by atoms with Gasteiger partial charge in [0.15, 0.2) is 0 Å². The Hall–Kier alpha value is -1.46. The Balaban J connectivity index is 2.35. The van der Waals surface area contributed by atoms with E-state index in [1.54, 1.807) is 0 Å². The van der Waals surface area contributed by atoms with Crippen LogP contribution in [0.3, 0.4) is 0 Å². The van der Waals surface area contributed by atoms with E-state index in [1.807, 2.05) is 0 Å². The van der Waals surface area contributed by atoms with Crippen LogP contribution in [-0.2, 0) is 10.7 Å². The predicted molar refractivity (Wildman–Crippen MR) is 46.6 cm³/mol. The minimum absolute atomic E-state index is 0.0692. The summed E-state index contributed by atoms with van der Waals surface area (Å²) < 4.78 is 27.6. The molecular weight excluding hydrogens is 206 g/mol. The van der Waals surface area contributed by atoms with Crippen LogP contribution in [0.15, 0.2) is 12.3 Å². The van der Waals surface area contributed by atoms with Crippen LogP contribution in [0.4, 0.5) is 8.78 Å². The van der Waals surface area contributed by atoms with Crippen molar-refractivity contribution in [3.63, 3.8) is 0 Å². The number of carboxylic acid groups (broad SMARTS) is 1. The van der Waals surface area contributed by atoms with Crippen LogP contribution in [0, 0.1) is 0 Å². The topological polar surface area (TPSA) is 55.1 Å². The SMILES string of the molecule is O=C(O)C(F)(F)c1ccnn1C1CCC1. The fourth-order valence-corrected chi connectivity index (χ4v) is 1.59. The Kier molecular flexibility index (Phi) is 2.21. The van der Waals surface area contributed by atoms with E-state index in [-0.39, 0.29) is 6.04 Å². The van der Waals surface area contributed by atoms with Crippen molar-refractivity contribution in [3.05, 3.63) is 18.0 Å². The second kappa shape index (κ2) is 3.29. The molecule has 2 rings (SSSR count). The molecule has 15 heavy (non-hydrogen) atoms. The molecule has 82 valence electrons. The molecule has 0 aliphatic heterocycles. The molecule has 1 heterocycles. The lowest BCUT2D eigenvalue weighted by Gasteiger charge is -2.28. The van der Waals surface area contributed by atoms with E-state index in [0.29, 0.717) is 0 Å². The van der Waals surface area contributed by atoms with Gasteiger partial charge in [-0.05, 0) is 25.3 Å². The summed E-state index contributed by atoms with van der Waals surface area (Å²) in [6, 6.07) is 0.993. The van der Waals surface area contributed by atoms with Crippen molar-refractivity contribution in [2.75, 3.05) is 0 Å². The Morgan fingerprint density at radius 3 is 2.73 bits per heavy atom. The van der Waals surface area contributed by atoms with Gasteiger partial charge in [-0.15, -0.1) is 0 Å². The summed E-state index contributed by atoms with van der Waals surface area (Å²) in [5.41, 5.74) is -0.528. The largest absolute Gasteiger partial charge is 0.476 e. The van der Waals surface area contributed by atoms with Crippen molar-refractivity contribution in [3.8, 4) is 0 Å². The van der Waals surface area contributed by atoms with E-state index in [1.165, 1.54) is 6.20 Å². The number of aromatic nitrogens is 2. The fraction of sp³-hybridized carbons (Fsp3) is 0.556. The van der Waals surface area contributed by atoms with E-state index >= 15 is 0 Å². The number of nitrogens with zero attached hydrogens (tertiary/aromatic N) is 2. The number of hydrogen-bond donors (Lipinski definition) is 1. The Morgan fingerprint density at radius 1 is 1.60 bits per heavy atom. The van der Waals surface area contributed by atoms with E-state index < -0.39 is 17.6 Å². The average Bonchev–Trinajstić information content (AvgIpc) is 2.49. The van der Waals surface area contributed by atoms with Crippen LogP contribution in [0.5, 0.6) is 0 Å². The Morgan fingerprint density at radius 2 is 2.27 bits per heavy atom.